The van der Waals surface area contributed by atoms with Gasteiger partial charge in [-0.1, -0.05) is 6.07 Å². The summed E-state index contributed by atoms with van der Waals surface area (Å²) in [5.74, 6) is -0.292. The first-order valence-corrected chi connectivity index (χ1v) is 12.1. The van der Waals surface area contributed by atoms with Crippen LogP contribution in [-0.4, -0.2) is 57.2 Å². The molecule has 0 aliphatic rings. The quantitative estimate of drug-likeness (QED) is 0.257. The third-order valence-corrected chi connectivity index (χ3v) is 6.47. The number of fused-ring (bicyclic) bond motifs is 2. The fourth-order valence-corrected chi connectivity index (χ4v) is 4.62. The number of aromatic nitrogens is 5. The Labute approximate surface area is 213 Å². The van der Waals surface area contributed by atoms with Crippen molar-refractivity contribution in [3.05, 3.63) is 85.2 Å². The zero-order chi connectivity index (χ0) is 25.4. The molecule has 0 fully saturated rings. The Kier molecular flexibility index (Phi) is 5.86. The molecule has 3 N–H and O–H groups in total. The maximum absolute atomic E-state index is 14.6. The van der Waals surface area contributed by atoms with E-state index >= 15 is 0 Å². The number of aromatic amines is 2. The van der Waals surface area contributed by atoms with Crippen molar-refractivity contribution < 1.29 is 4.39 Å². The first-order valence-electron chi connectivity index (χ1n) is 12.1. The Balaban J connectivity index is 1.41. The van der Waals surface area contributed by atoms with Crippen LogP contribution in [0.15, 0.2) is 79.4 Å². The van der Waals surface area contributed by atoms with Crippen LogP contribution in [0.2, 0.25) is 0 Å². The third kappa shape index (κ3) is 4.54. The van der Waals surface area contributed by atoms with Crippen molar-refractivity contribution in [2.75, 3.05) is 32.5 Å². The first-order chi connectivity index (χ1) is 18.0. The molecule has 2 aromatic carbocycles. The second kappa shape index (κ2) is 9.48. The van der Waals surface area contributed by atoms with Gasteiger partial charge in [0.05, 0.1) is 22.9 Å². The number of H-pyrrole nitrogens is 2. The van der Waals surface area contributed by atoms with Gasteiger partial charge in [-0.2, -0.15) is 5.10 Å². The molecule has 6 rings (SSSR count). The van der Waals surface area contributed by atoms with E-state index in [1.54, 1.807) is 30.9 Å². The maximum atomic E-state index is 14.6. The molecule has 7 nitrogen and oxygen atoms in total. The van der Waals surface area contributed by atoms with Crippen LogP contribution in [0.1, 0.15) is 0 Å². The average Bonchev–Trinajstić information content (AvgIpc) is 3.52. The van der Waals surface area contributed by atoms with Gasteiger partial charge < -0.3 is 15.2 Å². The van der Waals surface area contributed by atoms with Crippen molar-refractivity contribution >= 4 is 27.5 Å². The van der Waals surface area contributed by atoms with Crippen LogP contribution in [-0.2, 0) is 0 Å². The summed E-state index contributed by atoms with van der Waals surface area (Å²) in [5, 5.41) is 13.0. The highest BCUT2D eigenvalue weighted by atomic mass is 19.1. The van der Waals surface area contributed by atoms with Gasteiger partial charge in [-0.05, 0) is 79.3 Å². The zero-order valence-corrected chi connectivity index (χ0v) is 20.6. The highest BCUT2D eigenvalue weighted by Crippen LogP contribution is 2.35. The molecule has 4 aromatic heterocycles. The predicted molar refractivity (Wildman–Crippen MR) is 147 cm³/mol. The minimum atomic E-state index is -0.292. The number of nitrogens with one attached hydrogen (secondary N) is 3. The van der Waals surface area contributed by atoms with Gasteiger partial charge in [0.15, 0.2) is 0 Å². The molecular weight excluding hydrogens is 465 g/mol. The predicted octanol–water partition coefficient (Wildman–Crippen LogP) is 5.95. The number of halogens is 1. The van der Waals surface area contributed by atoms with Crippen molar-refractivity contribution in [2.24, 2.45) is 0 Å². The molecule has 0 saturated carbocycles. The minimum Gasteiger partial charge on any atom is -0.384 e. The van der Waals surface area contributed by atoms with Crippen LogP contribution < -0.4 is 5.32 Å². The fourth-order valence-electron chi connectivity index (χ4n) is 4.62. The van der Waals surface area contributed by atoms with Crippen molar-refractivity contribution in [1.29, 1.82) is 0 Å². The number of hydrogen-bond acceptors (Lipinski definition) is 5. The van der Waals surface area contributed by atoms with Gasteiger partial charge in [0.2, 0.25) is 0 Å². The van der Waals surface area contributed by atoms with Crippen LogP contribution in [0.25, 0.3) is 55.4 Å². The van der Waals surface area contributed by atoms with Crippen LogP contribution in [0.3, 0.4) is 0 Å². The molecule has 184 valence electrons. The number of pyridine rings is 2. The van der Waals surface area contributed by atoms with E-state index in [1.165, 1.54) is 6.07 Å². The summed E-state index contributed by atoms with van der Waals surface area (Å²) in [6.07, 6.45) is 7.15. The molecule has 0 amide bonds. The molecule has 0 aliphatic heterocycles. The maximum Gasteiger partial charge on any atom is 0.125 e. The number of nitrogens with zero attached hydrogens (tertiary/aromatic N) is 4. The van der Waals surface area contributed by atoms with E-state index in [4.69, 9.17) is 0 Å². The normalized spacial score (nSPS) is 11.6. The summed E-state index contributed by atoms with van der Waals surface area (Å²) in [7, 11) is 4.02. The number of rotatable bonds is 7. The fraction of sp³-hybridized carbons (Fsp3) is 0.138. The van der Waals surface area contributed by atoms with Crippen LogP contribution >= 0.6 is 0 Å². The monoisotopic (exact) mass is 491 g/mol. The summed E-state index contributed by atoms with van der Waals surface area (Å²) in [5.41, 5.74) is 8.03. The highest BCUT2D eigenvalue weighted by molar-refractivity contribution is 6.01. The van der Waals surface area contributed by atoms with Crippen LogP contribution in [0.5, 0.6) is 0 Å². The van der Waals surface area contributed by atoms with Gasteiger partial charge in [0.1, 0.15) is 11.5 Å². The van der Waals surface area contributed by atoms with Gasteiger partial charge in [-0.15, -0.1) is 0 Å². The SMILES string of the molecule is CN(C)CCNc1cc(F)cc(-c2cncc3[nH]c(-c4n[nH]c5ccc(-c6ccncc6)cc45)cc23)c1. The Morgan fingerprint density at radius 3 is 2.54 bits per heavy atom. The van der Waals surface area contributed by atoms with Crippen molar-refractivity contribution in [3.63, 3.8) is 0 Å². The first kappa shape index (κ1) is 22.9. The molecule has 8 heteroatoms. The van der Waals surface area contributed by atoms with E-state index in [2.05, 4.69) is 53.6 Å². The lowest BCUT2D eigenvalue weighted by Gasteiger charge is -2.13. The molecule has 0 aliphatic carbocycles. The Bertz CT molecular complexity index is 1700. The van der Waals surface area contributed by atoms with Crippen LogP contribution in [0.4, 0.5) is 10.1 Å². The molecular formula is C29H26FN7. The van der Waals surface area contributed by atoms with Gasteiger partial charge >= 0.3 is 0 Å². The minimum absolute atomic E-state index is 0.292. The van der Waals surface area contributed by atoms with E-state index in [0.717, 1.165) is 74.2 Å². The number of benzene rings is 2. The molecule has 6 aromatic rings. The summed E-state index contributed by atoms with van der Waals surface area (Å²) in [4.78, 5) is 14.1. The van der Waals surface area contributed by atoms with Crippen molar-refractivity contribution in [1.82, 2.24) is 30.0 Å². The lowest BCUT2D eigenvalue weighted by atomic mass is 10.0. The molecule has 0 atom stereocenters. The largest absolute Gasteiger partial charge is 0.384 e. The Morgan fingerprint density at radius 1 is 0.838 bits per heavy atom. The standard InChI is InChI=1S/C29H26FN7/c1-37(2)10-9-33-22-12-20(11-21(30)14-22)25-16-32-17-28-23(25)15-27(34-28)29-24-13-19(3-4-26(24)35-36-29)18-5-7-31-8-6-18/h3-8,11-17,33-34H,9-10H2,1-2H3,(H,35,36). The van der Waals surface area contributed by atoms with E-state index in [9.17, 15) is 4.39 Å². The number of likely N-dealkylation sites (N-methyl/N-ethyl adjacent to an activating group) is 1. The van der Waals surface area contributed by atoms with E-state index in [-0.39, 0.29) is 5.82 Å². The smallest absolute Gasteiger partial charge is 0.125 e. The van der Waals surface area contributed by atoms with E-state index < -0.39 is 0 Å². The summed E-state index contributed by atoms with van der Waals surface area (Å²) in [6, 6.07) is 17.3. The van der Waals surface area contributed by atoms with Gasteiger partial charge in [-0.25, -0.2) is 4.39 Å². The zero-order valence-electron chi connectivity index (χ0n) is 20.6. The third-order valence-electron chi connectivity index (χ3n) is 6.47. The van der Waals surface area contributed by atoms with Crippen LogP contribution in [0, 0.1) is 5.82 Å². The molecule has 0 bridgehead atoms. The molecule has 0 radical (unpaired) electrons. The number of anilines is 1. The average molecular weight is 492 g/mol. The van der Waals surface area contributed by atoms with Crippen molar-refractivity contribution in [3.8, 4) is 33.6 Å². The molecule has 0 spiro atoms. The molecule has 4 heterocycles. The van der Waals surface area contributed by atoms with Gasteiger partial charge in [-0.3, -0.25) is 15.1 Å². The highest BCUT2D eigenvalue weighted by Gasteiger charge is 2.15. The lowest BCUT2D eigenvalue weighted by molar-refractivity contribution is 0.425. The Morgan fingerprint density at radius 2 is 1.70 bits per heavy atom. The lowest BCUT2D eigenvalue weighted by Crippen LogP contribution is -2.20. The van der Waals surface area contributed by atoms with E-state index in [1.807, 2.05) is 38.4 Å². The van der Waals surface area contributed by atoms with Gasteiger partial charge in [0, 0.05) is 53.7 Å². The molecule has 0 unspecified atom stereocenters. The van der Waals surface area contributed by atoms with Gasteiger partial charge in [0.25, 0.3) is 0 Å². The van der Waals surface area contributed by atoms with E-state index in [0.29, 0.717) is 0 Å². The second-order valence-electron chi connectivity index (χ2n) is 9.36. The summed E-state index contributed by atoms with van der Waals surface area (Å²) < 4.78 is 14.6. The Hall–Kier alpha value is -4.56. The summed E-state index contributed by atoms with van der Waals surface area (Å²) >= 11 is 0. The van der Waals surface area contributed by atoms with Crippen molar-refractivity contribution in [2.45, 2.75) is 0 Å². The summed E-state index contributed by atoms with van der Waals surface area (Å²) in [6.45, 7) is 1.57. The second-order valence-corrected chi connectivity index (χ2v) is 9.36. The molecule has 37 heavy (non-hydrogen) atoms. The topological polar surface area (TPSA) is 85.5 Å². The molecule has 0 saturated heterocycles. The number of hydrogen-bond donors (Lipinski definition) is 3.